The Morgan fingerprint density at radius 1 is 0.674 bits per heavy atom. The van der Waals surface area contributed by atoms with Crippen molar-refractivity contribution in [2.45, 2.75) is 78.6 Å². The summed E-state index contributed by atoms with van der Waals surface area (Å²) in [7, 11) is 0. The van der Waals surface area contributed by atoms with E-state index in [0.717, 1.165) is 34.0 Å². The summed E-state index contributed by atoms with van der Waals surface area (Å²) in [4.78, 5) is 9.98. The summed E-state index contributed by atoms with van der Waals surface area (Å²) in [6.45, 7) is 20.5. The zero-order chi connectivity index (χ0) is 32.3. The van der Waals surface area contributed by atoms with Gasteiger partial charge in [0.2, 0.25) is 0 Å². The molecule has 3 aromatic heterocycles. The number of pyridine rings is 2. The normalized spacial score (nSPS) is 16.2. The van der Waals surface area contributed by atoms with E-state index >= 15 is 0 Å². The van der Waals surface area contributed by atoms with E-state index in [1.165, 1.54) is 55.3 Å². The van der Waals surface area contributed by atoms with Gasteiger partial charge in [-0.3, -0.25) is 9.55 Å². The molecule has 0 saturated heterocycles. The fraction of sp³-hybridized carbons (Fsp3) is 0.286. The van der Waals surface area contributed by atoms with Crippen molar-refractivity contribution in [3.63, 3.8) is 0 Å². The zero-order valence-electron chi connectivity index (χ0n) is 28.3. The van der Waals surface area contributed by atoms with E-state index in [4.69, 9.17) is 14.7 Å². The maximum absolute atomic E-state index is 6.69. The molecule has 46 heavy (non-hydrogen) atoms. The second kappa shape index (κ2) is 9.42. The van der Waals surface area contributed by atoms with Gasteiger partial charge in [0.1, 0.15) is 17.3 Å². The maximum Gasteiger partial charge on any atom is 0.137 e. The molecule has 2 aliphatic carbocycles. The molecule has 0 spiro atoms. The Morgan fingerprint density at radius 2 is 1.37 bits per heavy atom. The van der Waals surface area contributed by atoms with Crippen LogP contribution < -0.4 is 4.74 Å². The first kappa shape index (κ1) is 28.8. The van der Waals surface area contributed by atoms with Gasteiger partial charge in [0.05, 0.1) is 16.7 Å². The molecule has 0 bridgehead atoms. The molecule has 3 aromatic carbocycles. The van der Waals surface area contributed by atoms with Crippen LogP contribution in [0.3, 0.4) is 0 Å². The number of ether oxygens (including phenoxy) is 1. The van der Waals surface area contributed by atoms with E-state index < -0.39 is 0 Å². The van der Waals surface area contributed by atoms with Gasteiger partial charge >= 0.3 is 0 Å². The van der Waals surface area contributed by atoms with E-state index in [1.54, 1.807) is 0 Å². The monoisotopic (exact) mass is 603 g/mol. The first-order valence-corrected chi connectivity index (χ1v) is 16.3. The Bertz CT molecular complexity index is 2290. The number of para-hydroxylation sites is 1. The van der Waals surface area contributed by atoms with Gasteiger partial charge in [0.25, 0.3) is 0 Å². The number of aromatic nitrogens is 3. The summed E-state index contributed by atoms with van der Waals surface area (Å²) in [5.41, 5.74) is 13.4. The summed E-state index contributed by atoms with van der Waals surface area (Å²) < 4.78 is 8.94. The topological polar surface area (TPSA) is 39.9 Å². The van der Waals surface area contributed by atoms with Gasteiger partial charge in [-0.05, 0) is 94.6 Å². The SMILES string of the molecule is Cc1cnc(-n2c3ccccc3c3ccc(Oc4ccc5c(c4)C4=C(C5(C)C)C(C)(C)c5cc(C(C)(C)C)cnc54)cc32)cc1C. The average Bonchev–Trinajstić information content (AvgIpc) is 3.55. The van der Waals surface area contributed by atoms with Crippen LogP contribution in [0.5, 0.6) is 11.5 Å². The molecule has 8 rings (SSSR count). The van der Waals surface area contributed by atoms with Gasteiger partial charge in [-0.2, -0.15) is 0 Å². The smallest absolute Gasteiger partial charge is 0.137 e. The van der Waals surface area contributed by atoms with Crippen LogP contribution in [-0.2, 0) is 16.2 Å². The number of hydrogen-bond acceptors (Lipinski definition) is 3. The lowest BCUT2D eigenvalue weighted by molar-refractivity contribution is 0.480. The van der Waals surface area contributed by atoms with E-state index in [0.29, 0.717) is 0 Å². The fourth-order valence-electron chi connectivity index (χ4n) is 8.07. The third kappa shape index (κ3) is 3.98. The van der Waals surface area contributed by atoms with Gasteiger partial charge in [-0.25, -0.2) is 4.98 Å². The number of allylic oxidation sites excluding steroid dienone is 1. The first-order chi connectivity index (χ1) is 21.8. The third-order valence-corrected chi connectivity index (χ3v) is 10.6. The van der Waals surface area contributed by atoms with E-state index in [2.05, 4.69) is 146 Å². The Morgan fingerprint density at radius 3 is 2.13 bits per heavy atom. The minimum Gasteiger partial charge on any atom is -0.457 e. The molecule has 0 fully saturated rings. The highest BCUT2D eigenvalue weighted by atomic mass is 16.5. The standard InChI is InChI=1S/C42H41N3O/c1-24-18-36(43-22-25(24)2)45-34-13-11-10-12-29(34)30-16-14-28(21-35(30)45)46-27-15-17-32-31(20-27)37-38-33(19-26(23-44-38)40(3,4)5)42(8,9)39(37)41(32,6)7/h10-23H,1-9H3. The van der Waals surface area contributed by atoms with Gasteiger partial charge in [0.15, 0.2) is 0 Å². The van der Waals surface area contributed by atoms with Crippen molar-refractivity contribution in [2.24, 2.45) is 0 Å². The van der Waals surface area contributed by atoms with Gasteiger partial charge in [-0.1, -0.05) is 78.8 Å². The zero-order valence-corrected chi connectivity index (χ0v) is 28.3. The summed E-state index contributed by atoms with van der Waals surface area (Å²) in [6.07, 6.45) is 4.04. The first-order valence-electron chi connectivity index (χ1n) is 16.3. The molecule has 0 radical (unpaired) electrons. The number of nitrogens with zero attached hydrogens (tertiary/aromatic N) is 3. The fourth-order valence-corrected chi connectivity index (χ4v) is 8.07. The summed E-state index contributed by atoms with van der Waals surface area (Å²) in [6, 6.07) is 26.1. The Hall–Kier alpha value is -4.70. The average molecular weight is 604 g/mol. The van der Waals surface area contributed by atoms with Gasteiger partial charge < -0.3 is 4.74 Å². The lowest BCUT2D eigenvalue weighted by Crippen LogP contribution is -2.30. The van der Waals surface area contributed by atoms with Crippen molar-refractivity contribution >= 4 is 27.4 Å². The Kier molecular flexibility index (Phi) is 5.89. The molecule has 6 aromatic rings. The minimum atomic E-state index is -0.122. The third-order valence-electron chi connectivity index (χ3n) is 10.6. The van der Waals surface area contributed by atoms with Crippen molar-refractivity contribution in [2.75, 3.05) is 0 Å². The van der Waals surface area contributed by atoms with Crippen LogP contribution in [0.25, 0.3) is 33.2 Å². The summed E-state index contributed by atoms with van der Waals surface area (Å²) >= 11 is 0. The number of benzene rings is 3. The van der Waals surface area contributed by atoms with Crippen LogP contribution in [0.1, 0.15) is 87.5 Å². The van der Waals surface area contributed by atoms with E-state index in [9.17, 15) is 0 Å². The molecule has 4 nitrogen and oxygen atoms in total. The predicted molar refractivity (Wildman–Crippen MR) is 190 cm³/mol. The molecule has 0 atom stereocenters. The van der Waals surface area contributed by atoms with Crippen molar-refractivity contribution in [3.8, 4) is 17.3 Å². The molecule has 3 heterocycles. The molecular formula is C42H41N3O. The highest BCUT2D eigenvalue weighted by molar-refractivity contribution is 6.09. The summed E-state index contributed by atoms with van der Waals surface area (Å²) in [5.74, 6) is 2.54. The van der Waals surface area contributed by atoms with Crippen LogP contribution in [0.4, 0.5) is 0 Å². The number of hydrogen-bond donors (Lipinski definition) is 0. The molecule has 0 aliphatic heterocycles. The van der Waals surface area contributed by atoms with Gasteiger partial charge in [-0.15, -0.1) is 0 Å². The minimum absolute atomic E-state index is 0.0424. The van der Waals surface area contributed by atoms with Gasteiger partial charge in [0, 0.05) is 45.6 Å². The summed E-state index contributed by atoms with van der Waals surface area (Å²) in [5, 5.41) is 2.38. The van der Waals surface area contributed by atoms with Crippen LogP contribution in [0.15, 0.2) is 90.8 Å². The van der Waals surface area contributed by atoms with Crippen LogP contribution in [0.2, 0.25) is 0 Å². The lowest BCUT2D eigenvalue weighted by atomic mass is 9.68. The molecule has 0 N–H and O–H groups in total. The molecule has 0 unspecified atom stereocenters. The molecular weight excluding hydrogens is 562 g/mol. The van der Waals surface area contributed by atoms with Crippen molar-refractivity contribution < 1.29 is 4.74 Å². The molecule has 0 saturated carbocycles. The molecule has 0 amide bonds. The van der Waals surface area contributed by atoms with Crippen molar-refractivity contribution in [1.82, 2.24) is 14.5 Å². The highest BCUT2D eigenvalue weighted by Gasteiger charge is 2.51. The van der Waals surface area contributed by atoms with E-state index in [1.807, 2.05) is 6.20 Å². The number of fused-ring (bicyclic) bond motifs is 7. The van der Waals surface area contributed by atoms with Crippen LogP contribution in [-0.4, -0.2) is 14.5 Å². The van der Waals surface area contributed by atoms with Crippen LogP contribution in [0, 0.1) is 13.8 Å². The quantitative estimate of drug-likeness (QED) is 0.202. The molecule has 2 aliphatic rings. The highest BCUT2D eigenvalue weighted by Crippen LogP contribution is 2.61. The second-order valence-electron chi connectivity index (χ2n) is 15.3. The lowest BCUT2D eigenvalue weighted by Gasteiger charge is -2.35. The molecule has 4 heteroatoms. The number of rotatable bonds is 3. The van der Waals surface area contributed by atoms with Crippen LogP contribution >= 0.6 is 0 Å². The number of aryl methyl sites for hydroxylation is 2. The maximum atomic E-state index is 6.69. The molecule has 230 valence electrons. The Labute approximate surface area is 271 Å². The largest absolute Gasteiger partial charge is 0.457 e. The van der Waals surface area contributed by atoms with Crippen molar-refractivity contribution in [3.05, 3.63) is 130 Å². The Balaban J connectivity index is 1.24. The van der Waals surface area contributed by atoms with Crippen molar-refractivity contribution in [1.29, 1.82) is 0 Å². The predicted octanol–water partition coefficient (Wildman–Crippen LogP) is 10.7. The van der Waals surface area contributed by atoms with E-state index in [-0.39, 0.29) is 16.2 Å². The second-order valence-corrected chi connectivity index (χ2v) is 15.3.